The van der Waals surface area contributed by atoms with Crippen molar-refractivity contribution < 1.29 is 4.74 Å². The molecule has 0 aromatic heterocycles. The molecule has 1 fully saturated rings. The largest absolute Gasteiger partial charge is 0.379 e. The number of guanidine groups is 1. The van der Waals surface area contributed by atoms with E-state index in [1.54, 1.807) is 7.05 Å². The molecule has 5 heteroatoms. The van der Waals surface area contributed by atoms with E-state index in [4.69, 9.17) is 4.74 Å². The van der Waals surface area contributed by atoms with Crippen LogP contribution in [0.15, 0.2) is 4.99 Å². The molecular weight excluding hydrogens is 317 g/mol. The molecule has 0 aromatic carbocycles. The third-order valence-corrected chi connectivity index (χ3v) is 2.13. The second-order valence-corrected chi connectivity index (χ2v) is 4.39. The highest BCUT2D eigenvalue weighted by Crippen LogP contribution is 2.18. The summed E-state index contributed by atoms with van der Waals surface area (Å²) < 4.78 is 5.47. The van der Waals surface area contributed by atoms with Crippen LogP contribution < -0.4 is 10.6 Å². The van der Waals surface area contributed by atoms with Crippen LogP contribution in [0.4, 0.5) is 0 Å². The fraction of sp³-hybridized carbons (Fsp3) is 0.909. The van der Waals surface area contributed by atoms with E-state index in [0.717, 1.165) is 25.7 Å². The molecule has 0 aliphatic heterocycles. The zero-order valence-electron chi connectivity index (χ0n) is 10.5. The molecule has 0 saturated heterocycles. The topological polar surface area (TPSA) is 45.7 Å². The van der Waals surface area contributed by atoms with E-state index in [0.29, 0.717) is 12.0 Å². The quantitative estimate of drug-likeness (QED) is 0.334. The molecule has 4 nitrogen and oxygen atoms in total. The second-order valence-electron chi connectivity index (χ2n) is 4.39. The van der Waals surface area contributed by atoms with Crippen molar-refractivity contribution in [2.75, 3.05) is 26.8 Å². The second kappa shape index (κ2) is 9.04. The minimum Gasteiger partial charge on any atom is -0.379 e. The summed E-state index contributed by atoms with van der Waals surface area (Å²) in [6.45, 7) is 6.70. The Morgan fingerprint density at radius 2 is 2.12 bits per heavy atom. The summed E-state index contributed by atoms with van der Waals surface area (Å²) in [7, 11) is 1.80. The molecule has 0 spiro atoms. The summed E-state index contributed by atoms with van der Waals surface area (Å²) in [5, 5.41) is 6.55. The maximum Gasteiger partial charge on any atom is 0.191 e. The highest BCUT2D eigenvalue weighted by molar-refractivity contribution is 14.0. The number of nitrogens with one attached hydrogen (secondary N) is 2. The Labute approximate surface area is 116 Å². The Balaban J connectivity index is 0.00000225. The lowest BCUT2D eigenvalue weighted by molar-refractivity contribution is 0.114. The predicted octanol–water partition coefficient (Wildman–Crippen LogP) is 1.60. The molecule has 96 valence electrons. The number of nitrogens with zero attached hydrogens (tertiary/aromatic N) is 1. The van der Waals surface area contributed by atoms with Crippen LogP contribution in [-0.2, 0) is 4.74 Å². The van der Waals surface area contributed by atoms with Gasteiger partial charge in [-0.3, -0.25) is 4.99 Å². The Morgan fingerprint density at radius 1 is 1.44 bits per heavy atom. The maximum atomic E-state index is 5.47. The third-order valence-electron chi connectivity index (χ3n) is 2.13. The fourth-order valence-corrected chi connectivity index (χ4v) is 1.18. The Bertz CT molecular complexity index is 205. The zero-order valence-corrected chi connectivity index (χ0v) is 12.8. The number of rotatable bonds is 6. The van der Waals surface area contributed by atoms with Crippen molar-refractivity contribution in [3.8, 4) is 0 Å². The first-order valence-electron chi connectivity index (χ1n) is 5.77. The van der Waals surface area contributed by atoms with Crippen LogP contribution in [0.5, 0.6) is 0 Å². The van der Waals surface area contributed by atoms with Crippen molar-refractivity contribution in [1.82, 2.24) is 10.6 Å². The van der Waals surface area contributed by atoms with Crippen LogP contribution in [0.3, 0.4) is 0 Å². The molecule has 0 atom stereocenters. The smallest absolute Gasteiger partial charge is 0.191 e. The minimum absolute atomic E-state index is 0. The van der Waals surface area contributed by atoms with Gasteiger partial charge in [0.2, 0.25) is 0 Å². The van der Waals surface area contributed by atoms with E-state index in [1.165, 1.54) is 12.8 Å². The van der Waals surface area contributed by atoms with E-state index in [-0.39, 0.29) is 24.0 Å². The number of halogens is 1. The minimum atomic E-state index is 0. The van der Waals surface area contributed by atoms with Gasteiger partial charge in [-0.05, 0) is 18.8 Å². The van der Waals surface area contributed by atoms with Crippen LogP contribution in [0, 0.1) is 5.92 Å². The Morgan fingerprint density at radius 3 is 2.62 bits per heavy atom. The van der Waals surface area contributed by atoms with Gasteiger partial charge in [0.1, 0.15) is 0 Å². The Kier molecular flexibility index (Phi) is 9.02. The standard InChI is InChI=1S/C11H23N3O.HI/c1-9(2)8-15-7-6-13-11(12-3)14-10-4-5-10;/h9-10H,4-8H2,1-3H3,(H2,12,13,14);1H. The fourth-order valence-electron chi connectivity index (χ4n) is 1.18. The molecule has 0 unspecified atom stereocenters. The SMILES string of the molecule is CN=C(NCCOCC(C)C)NC1CC1.I. The van der Waals surface area contributed by atoms with Gasteiger partial charge in [-0.15, -0.1) is 24.0 Å². The highest BCUT2D eigenvalue weighted by atomic mass is 127. The van der Waals surface area contributed by atoms with Gasteiger partial charge in [0.15, 0.2) is 5.96 Å². The van der Waals surface area contributed by atoms with Gasteiger partial charge in [-0.2, -0.15) is 0 Å². The van der Waals surface area contributed by atoms with Crippen LogP contribution >= 0.6 is 24.0 Å². The number of hydrogen-bond donors (Lipinski definition) is 2. The molecule has 0 heterocycles. The Hall–Kier alpha value is -0.0400. The van der Waals surface area contributed by atoms with E-state index < -0.39 is 0 Å². The van der Waals surface area contributed by atoms with Gasteiger partial charge >= 0.3 is 0 Å². The van der Waals surface area contributed by atoms with Gasteiger partial charge in [-0.1, -0.05) is 13.8 Å². The first kappa shape index (κ1) is 16.0. The van der Waals surface area contributed by atoms with Crippen molar-refractivity contribution in [2.24, 2.45) is 10.9 Å². The van der Waals surface area contributed by atoms with E-state index in [1.807, 2.05) is 0 Å². The maximum absolute atomic E-state index is 5.47. The number of aliphatic imine (C=N–C) groups is 1. The van der Waals surface area contributed by atoms with Crippen LogP contribution in [0.2, 0.25) is 0 Å². The van der Waals surface area contributed by atoms with Gasteiger partial charge < -0.3 is 15.4 Å². The monoisotopic (exact) mass is 341 g/mol. The number of ether oxygens (including phenoxy) is 1. The average Bonchev–Trinajstić information content (AvgIpc) is 2.99. The molecule has 1 aliphatic rings. The molecular formula is C11H24IN3O. The van der Waals surface area contributed by atoms with Crippen molar-refractivity contribution in [3.63, 3.8) is 0 Å². The lowest BCUT2D eigenvalue weighted by atomic mass is 10.2. The molecule has 1 saturated carbocycles. The van der Waals surface area contributed by atoms with Gasteiger partial charge in [-0.25, -0.2) is 0 Å². The highest BCUT2D eigenvalue weighted by Gasteiger charge is 2.21. The molecule has 2 N–H and O–H groups in total. The van der Waals surface area contributed by atoms with Gasteiger partial charge in [0, 0.05) is 26.2 Å². The molecule has 0 bridgehead atoms. The first-order chi connectivity index (χ1) is 7.22. The first-order valence-corrected chi connectivity index (χ1v) is 5.77. The average molecular weight is 341 g/mol. The molecule has 1 rings (SSSR count). The summed E-state index contributed by atoms with van der Waals surface area (Å²) in [5.41, 5.74) is 0. The van der Waals surface area contributed by atoms with E-state index >= 15 is 0 Å². The van der Waals surface area contributed by atoms with Crippen LogP contribution in [0.25, 0.3) is 0 Å². The third kappa shape index (κ3) is 8.15. The van der Waals surface area contributed by atoms with Crippen molar-refractivity contribution in [3.05, 3.63) is 0 Å². The lowest BCUT2D eigenvalue weighted by Gasteiger charge is -2.11. The molecule has 0 aromatic rings. The van der Waals surface area contributed by atoms with Crippen molar-refractivity contribution >= 4 is 29.9 Å². The summed E-state index contributed by atoms with van der Waals surface area (Å²) >= 11 is 0. The van der Waals surface area contributed by atoms with E-state index in [9.17, 15) is 0 Å². The molecule has 1 aliphatic carbocycles. The zero-order chi connectivity index (χ0) is 11.1. The van der Waals surface area contributed by atoms with Gasteiger partial charge in [0.25, 0.3) is 0 Å². The number of hydrogen-bond acceptors (Lipinski definition) is 2. The van der Waals surface area contributed by atoms with Crippen molar-refractivity contribution in [2.45, 2.75) is 32.7 Å². The summed E-state index contributed by atoms with van der Waals surface area (Å²) in [4.78, 5) is 4.14. The van der Waals surface area contributed by atoms with Crippen LogP contribution in [0.1, 0.15) is 26.7 Å². The molecule has 0 amide bonds. The summed E-state index contributed by atoms with van der Waals surface area (Å²) in [5.74, 6) is 1.50. The van der Waals surface area contributed by atoms with Gasteiger partial charge in [0.05, 0.1) is 6.61 Å². The van der Waals surface area contributed by atoms with Crippen LogP contribution in [-0.4, -0.2) is 38.8 Å². The summed E-state index contributed by atoms with van der Waals surface area (Å²) in [6, 6.07) is 0.646. The summed E-state index contributed by atoms with van der Waals surface area (Å²) in [6.07, 6.45) is 2.54. The normalized spacial score (nSPS) is 15.9. The predicted molar refractivity (Wildman–Crippen MR) is 78.6 cm³/mol. The lowest BCUT2D eigenvalue weighted by Crippen LogP contribution is -2.40. The van der Waals surface area contributed by atoms with E-state index in [2.05, 4.69) is 29.5 Å². The molecule has 0 radical (unpaired) electrons. The van der Waals surface area contributed by atoms with Crippen molar-refractivity contribution in [1.29, 1.82) is 0 Å². The molecule has 16 heavy (non-hydrogen) atoms.